The average molecular weight is 390 g/mol. The summed E-state index contributed by atoms with van der Waals surface area (Å²) in [6.07, 6.45) is 2.09. The molecule has 2 aliphatic carbocycles. The number of rotatable bonds is 5. The number of halogens is 2. The van der Waals surface area contributed by atoms with Crippen LogP contribution in [0.1, 0.15) is 38.7 Å². The minimum atomic E-state index is -3.60. The second-order valence-electron chi connectivity index (χ2n) is 7.48. The van der Waals surface area contributed by atoms with Crippen LogP contribution in [0.2, 0.25) is 10.0 Å². The van der Waals surface area contributed by atoms with E-state index in [9.17, 15) is 13.2 Å². The number of hydrogen-bond acceptors (Lipinski definition) is 3. The molecule has 0 spiro atoms. The van der Waals surface area contributed by atoms with Crippen LogP contribution in [0, 0.1) is 16.7 Å². The molecular formula is C17H21Cl2NO3S. The van der Waals surface area contributed by atoms with Gasteiger partial charge in [-0.3, -0.25) is 4.79 Å². The fraction of sp³-hybridized carbons (Fsp3) is 0.588. The first-order valence-electron chi connectivity index (χ1n) is 8.02. The van der Waals surface area contributed by atoms with Crippen molar-refractivity contribution < 1.29 is 13.2 Å². The summed E-state index contributed by atoms with van der Waals surface area (Å²) in [4.78, 5) is 12.5. The Bertz CT molecular complexity index is 791. The predicted molar refractivity (Wildman–Crippen MR) is 95.7 cm³/mol. The highest BCUT2D eigenvalue weighted by Crippen LogP contribution is 2.64. The van der Waals surface area contributed by atoms with Crippen molar-refractivity contribution in [3.8, 4) is 0 Å². The molecular weight excluding hydrogens is 369 g/mol. The van der Waals surface area contributed by atoms with E-state index in [1.807, 2.05) is 13.8 Å². The Morgan fingerprint density at radius 2 is 2.00 bits per heavy atom. The number of hydrogen-bond donors (Lipinski definition) is 1. The number of Topliss-reactive ketones (excluding diaryl/α,β-unsaturated/α-hetero) is 1. The summed E-state index contributed by atoms with van der Waals surface area (Å²) < 4.78 is 27.8. The van der Waals surface area contributed by atoms with Crippen LogP contribution < -0.4 is 4.72 Å². The third-order valence-electron chi connectivity index (χ3n) is 6.07. The maximum absolute atomic E-state index is 12.6. The Morgan fingerprint density at radius 3 is 2.54 bits per heavy atom. The first-order valence-corrected chi connectivity index (χ1v) is 10.4. The van der Waals surface area contributed by atoms with E-state index >= 15 is 0 Å². The first-order chi connectivity index (χ1) is 11.1. The number of carbonyl (C=O) groups is 1. The minimum absolute atomic E-state index is 0.0897. The van der Waals surface area contributed by atoms with Crippen molar-refractivity contribution in [2.24, 2.45) is 16.7 Å². The van der Waals surface area contributed by atoms with Crippen LogP contribution in [0.4, 0.5) is 0 Å². The molecule has 1 aromatic carbocycles. The van der Waals surface area contributed by atoms with Gasteiger partial charge >= 0.3 is 0 Å². The summed E-state index contributed by atoms with van der Waals surface area (Å²) >= 11 is 11.9. The molecule has 2 bridgehead atoms. The molecule has 24 heavy (non-hydrogen) atoms. The fourth-order valence-electron chi connectivity index (χ4n) is 4.34. The van der Waals surface area contributed by atoms with E-state index in [0.717, 1.165) is 6.42 Å². The summed E-state index contributed by atoms with van der Waals surface area (Å²) in [7, 11) is -3.60. The normalized spacial score (nSPS) is 28.5. The SMILES string of the molecule is CC1(C)[C@@H]2CC[C@]1(CS(=O)(=O)NCc1ccc(Cl)cc1Cl)C(=O)C2. The van der Waals surface area contributed by atoms with Crippen molar-refractivity contribution in [3.63, 3.8) is 0 Å². The van der Waals surface area contributed by atoms with E-state index in [2.05, 4.69) is 4.72 Å². The van der Waals surface area contributed by atoms with E-state index in [1.165, 1.54) is 0 Å². The lowest BCUT2D eigenvalue weighted by Crippen LogP contribution is -2.45. The predicted octanol–water partition coefficient (Wildman–Crippen LogP) is 3.81. The molecule has 132 valence electrons. The van der Waals surface area contributed by atoms with Gasteiger partial charge in [0.1, 0.15) is 5.78 Å². The summed E-state index contributed by atoms with van der Waals surface area (Å²) in [5.74, 6) is 0.248. The average Bonchev–Trinajstić information content (AvgIpc) is 2.80. The number of ketones is 1. The van der Waals surface area contributed by atoms with Gasteiger partial charge in [0.05, 0.1) is 5.75 Å². The molecule has 0 aliphatic heterocycles. The lowest BCUT2D eigenvalue weighted by Gasteiger charge is -2.36. The van der Waals surface area contributed by atoms with Crippen molar-refractivity contribution in [1.29, 1.82) is 0 Å². The second kappa shape index (κ2) is 5.97. The van der Waals surface area contributed by atoms with Gasteiger partial charge in [-0.15, -0.1) is 0 Å². The number of benzene rings is 1. The highest BCUT2D eigenvalue weighted by atomic mass is 35.5. The topological polar surface area (TPSA) is 63.2 Å². The van der Waals surface area contributed by atoms with Crippen molar-refractivity contribution >= 4 is 39.0 Å². The Morgan fingerprint density at radius 1 is 1.29 bits per heavy atom. The molecule has 0 amide bonds. The first kappa shape index (κ1) is 18.2. The molecule has 4 nitrogen and oxygen atoms in total. The van der Waals surface area contributed by atoms with E-state index in [4.69, 9.17) is 23.2 Å². The Balaban J connectivity index is 1.76. The summed E-state index contributed by atoms with van der Waals surface area (Å²) in [5, 5.41) is 0.919. The van der Waals surface area contributed by atoms with Crippen LogP contribution >= 0.6 is 23.2 Å². The largest absolute Gasteiger partial charge is 0.299 e. The number of carbonyl (C=O) groups excluding carboxylic acids is 1. The number of sulfonamides is 1. The molecule has 0 heterocycles. The van der Waals surface area contributed by atoms with Crippen LogP contribution in [-0.2, 0) is 21.4 Å². The molecule has 2 aliphatic rings. The van der Waals surface area contributed by atoms with Gasteiger partial charge in [-0.1, -0.05) is 43.1 Å². The van der Waals surface area contributed by atoms with Crippen LogP contribution in [0.15, 0.2) is 18.2 Å². The smallest absolute Gasteiger partial charge is 0.212 e. The summed E-state index contributed by atoms with van der Waals surface area (Å²) in [6, 6.07) is 4.94. The Kier molecular flexibility index (Phi) is 4.53. The quantitative estimate of drug-likeness (QED) is 0.832. The molecule has 1 aromatic rings. The van der Waals surface area contributed by atoms with Gasteiger partial charge < -0.3 is 0 Å². The van der Waals surface area contributed by atoms with Crippen LogP contribution in [-0.4, -0.2) is 20.0 Å². The molecule has 0 aromatic heterocycles. The van der Waals surface area contributed by atoms with Gasteiger partial charge in [-0.25, -0.2) is 13.1 Å². The van der Waals surface area contributed by atoms with Gasteiger partial charge in [0.25, 0.3) is 0 Å². The van der Waals surface area contributed by atoms with Crippen LogP contribution in [0.5, 0.6) is 0 Å². The van der Waals surface area contributed by atoms with E-state index in [-0.39, 0.29) is 23.5 Å². The van der Waals surface area contributed by atoms with Crippen LogP contribution in [0.25, 0.3) is 0 Å². The van der Waals surface area contributed by atoms with E-state index < -0.39 is 15.4 Å². The number of fused-ring (bicyclic) bond motifs is 2. The third-order valence-corrected chi connectivity index (χ3v) is 8.12. The highest BCUT2D eigenvalue weighted by Gasteiger charge is 2.65. The lowest BCUT2D eigenvalue weighted by molar-refractivity contribution is -0.128. The minimum Gasteiger partial charge on any atom is -0.299 e. The van der Waals surface area contributed by atoms with Crippen LogP contribution in [0.3, 0.4) is 0 Å². The van der Waals surface area contributed by atoms with E-state index in [0.29, 0.717) is 34.4 Å². The molecule has 1 N–H and O–H groups in total. The fourth-order valence-corrected chi connectivity index (χ4v) is 6.62. The zero-order valence-electron chi connectivity index (χ0n) is 13.7. The zero-order chi connectivity index (χ0) is 17.8. The Hall–Kier alpha value is -0.620. The second-order valence-corrected chi connectivity index (χ2v) is 10.1. The molecule has 0 saturated heterocycles. The van der Waals surface area contributed by atoms with Gasteiger partial charge in [0, 0.05) is 28.4 Å². The molecule has 0 radical (unpaired) electrons. The number of nitrogens with one attached hydrogen (secondary N) is 1. The van der Waals surface area contributed by atoms with Gasteiger partial charge in [0.15, 0.2) is 0 Å². The van der Waals surface area contributed by atoms with E-state index in [1.54, 1.807) is 18.2 Å². The van der Waals surface area contributed by atoms with Crippen molar-refractivity contribution in [2.75, 3.05) is 5.75 Å². The molecule has 0 unspecified atom stereocenters. The molecule has 3 rings (SSSR count). The van der Waals surface area contributed by atoms with Crippen molar-refractivity contribution in [3.05, 3.63) is 33.8 Å². The summed E-state index contributed by atoms with van der Waals surface area (Å²) in [5.41, 5.74) is -0.368. The maximum atomic E-state index is 12.6. The standard InChI is InChI=1S/C17H21Cl2NO3S/c1-16(2)12-5-6-17(16,15(21)7-12)10-24(22,23)20-9-11-3-4-13(18)8-14(11)19/h3-4,8,12,20H,5-7,9-10H2,1-2H3/t12-,17+/m1/s1. The maximum Gasteiger partial charge on any atom is 0.212 e. The lowest BCUT2D eigenvalue weighted by atomic mass is 9.70. The Labute approximate surface area is 153 Å². The summed E-state index contributed by atoms with van der Waals surface area (Å²) in [6.45, 7) is 4.15. The van der Waals surface area contributed by atoms with Crippen molar-refractivity contribution in [2.45, 2.75) is 39.7 Å². The van der Waals surface area contributed by atoms with Gasteiger partial charge in [-0.05, 0) is 41.9 Å². The zero-order valence-corrected chi connectivity index (χ0v) is 16.1. The highest BCUT2D eigenvalue weighted by molar-refractivity contribution is 7.89. The van der Waals surface area contributed by atoms with Crippen molar-refractivity contribution in [1.82, 2.24) is 4.72 Å². The van der Waals surface area contributed by atoms with Gasteiger partial charge in [-0.2, -0.15) is 0 Å². The molecule has 2 fully saturated rings. The molecule has 2 atom stereocenters. The third kappa shape index (κ3) is 2.90. The molecule has 7 heteroatoms. The monoisotopic (exact) mass is 389 g/mol. The molecule has 2 saturated carbocycles. The van der Waals surface area contributed by atoms with Gasteiger partial charge in [0.2, 0.25) is 10.0 Å².